The van der Waals surface area contributed by atoms with Crippen LogP contribution >= 0.6 is 22.7 Å². The zero-order chi connectivity index (χ0) is 37.9. The van der Waals surface area contributed by atoms with Crippen LogP contribution < -0.4 is 0 Å². The van der Waals surface area contributed by atoms with E-state index in [0.29, 0.717) is 5.92 Å². The van der Waals surface area contributed by atoms with Crippen LogP contribution in [0.3, 0.4) is 0 Å². The highest BCUT2D eigenvalue weighted by Crippen LogP contribution is 2.44. The van der Waals surface area contributed by atoms with Crippen molar-refractivity contribution in [1.82, 2.24) is 9.13 Å². The third-order valence-electron chi connectivity index (χ3n) is 12.5. The minimum Gasteiger partial charge on any atom is -0.309 e. The van der Waals surface area contributed by atoms with Gasteiger partial charge in [0.1, 0.15) is 0 Å². The molecule has 1 unspecified atom stereocenters. The average molecular weight is 775 g/mol. The van der Waals surface area contributed by atoms with Crippen molar-refractivity contribution >= 4 is 103 Å². The first kappa shape index (κ1) is 32.4. The number of benzene rings is 8. The zero-order valence-corrected chi connectivity index (χ0v) is 33.0. The first-order chi connectivity index (χ1) is 28.7. The van der Waals surface area contributed by atoms with Gasteiger partial charge in [0.05, 0.1) is 22.1 Å². The van der Waals surface area contributed by atoms with E-state index in [1.807, 2.05) is 22.7 Å². The van der Waals surface area contributed by atoms with Crippen LogP contribution in [0.1, 0.15) is 21.9 Å². The normalized spacial score (nSPS) is 14.2. The molecule has 0 fully saturated rings. The molecule has 1 aliphatic rings. The van der Waals surface area contributed by atoms with Gasteiger partial charge in [-0.15, -0.1) is 22.7 Å². The second-order valence-corrected chi connectivity index (χ2v) is 17.8. The molecule has 4 aromatic heterocycles. The lowest BCUT2D eigenvalue weighted by Crippen LogP contribution is -2.05. The molecule has 0 aliphatic heterocycles. The molecule has 4 heterocycles. The molecule has 0 radical (unpaired) electrons. The molecular formula is C54H34N2S2. The fraction of sp³-hybridized carbons (Fsp3) is 0.0370. The third-order valence-corrected chi connectivity index (χ3v) is 14.8. The zero-order valence-electron chi connectivity index (χ0n) is 31.4. The maximum atomic E-state index is 2.53. The third kappa shape index (κ3) is 4.70. The van der Waals surface area contributed by atoms with Crippen molar-refractivity contribution in [1.29, 1.82) is 0 Å². The van der Waals surface area contributed by atoms with Crippen LogP contribution in [0.15, 0.2) is 182 Å². The summed E-state index contributed by atoms with van der Waals surface area (Å²) in [6, 6.07) is 65.5. The summed E-state index contributed by atoms with van der Waals surface area (Å²) < 4.78 is 9.04. The van der Waals surface area contributed by atoms with Gasteiger partial charge in [-0.1, -0.05) is 115 Å². The molecular weight excluding hydrogens is 741 g/mol. The molecule has 0 N–H and O–H groups in total. The SMILES string of the molecule is C1=CC(c2cccc(-n3c4ccccc4c4ccc5c(c6ccccc6n5-c5cccc(-c6ccc7sc8ccccc8c7c6)c5)c43)c2)Cc2c1sc1ccccc21. The number of nitrogens with zero attached hydrogens (tertiary/aromatic N) is 2. The lowest BCUT2D eigenvalue weighted by Gasteiger charge is -2.19. The summed E-state index contributed by atoms with van der Waals surface area (Å²) in [5.41, 5.74) is 12.5. The first-order valence-corrected chi connectivity index (χ1v) is 21.6. The predicted molar refractivity (Wildman–Crippen MR) is 251 cm³/mol. The molecule has 4 heteroatoms. The number of thiophene rings is 2. The van der Waals surface area contributed by atoms with E-state index < -0.39 is 0 Å². The summed E-state index contributed by atoms with van der Waals surface area (Å²) >= 11 is 3.78. The number of rotatable bonds is 4. The van der Waals surface area contributed by atoms with Crippen LogP contribution in [-0.4, -0.2) is 9.13 Å². The molecule has 0 spiro atoms. The van der Waals surface area contributed by atoms with Crippen molar-refractivity contribution in [2.45, 2.75) is 12.3 Å². The van der Waals surface area contributed by atoms with Crippen molar-refractivity contribution < 1.29 is 0 Å². The molecule has 0 amide bonds. The van der Waals surface area contributed by atoms with Crippen LogP contribution in [-0.2, 0) is 6.42 Å². The monoisotopic (exact) mass is 774 g/mol. The fourth-order valence-corrected chi connectivity index (χ4v) is 12.1. The van der Waals surface area contributed by atoms with E-state index in [9.17, 15) is 0 Å². The van der Waals surface area contributed by atoms with Gasteiger partial charge in [-0.2, -0.15) is 0 Å². The van der Waals surface area contributed by atoms with Crippen LogP contribution in [0.2, 0.25) is 0 Å². The van der Waals surface area contributed by atoms with Gasteiger partial charge >= 0.3 is 0 Å². The van der Waals surface area contributed by atoms with Crippen molar-refractivity contribution in [3.8, 4) is 22.5 Å². The summed E-state index contributed by atoms with van der Waals surface area (Å²) in [6.07, 6.45) is 5.79. The van der Waals surface area contributed by atoms with Crippen molar-refractivity contribution in [2.24, 2.45) is 0 Å². The standard InChI is InChI=1S/C54H34N2S2/c1-5-19-46-39(15-1)42-25-26-48-53(54(42)56(46)38-14-10-12-34(30-38)36-24-28-52-45(32-36)41-17-4-8-22-50(41)58-52)43-18-2-6-20-47(43)55(48)37-13-9-11-33(29-37)35-23-27-51-44(31-35)40-16-3-7-21-49(40)57-51/h1-31,36H,32H2. The molecule has 2 nitrogen and oxygen atoms in total. The van der Waals surface area contributed by atoms with E-state index >= 15 is 0 Å². The Kier molecular flexibility index (Phi) is 6.91. The lowest BCUT2D eigenvalue weighted by molar-refractivity contribution is 0.835. The van der Waals surface area contributed by atoms with E-state index in [1.165, 1.54) is 107 Å². The van der Waals surface area contributed by atoms with Crippen molar-refractivity contribution in [2.75, 3.05) is 0 Å². The first-order valence-electron chi connectivity index (χ1n) is 20.0. The number of allylic oxidation sites excluding steroid dienone is 1. The summed E-state index contributed by atoms with van der Waals surface area (Å²) in [5, 5.41) is 9.12. The Morgan fingerprint density at radius 1 is 0.431 bits per heavy atom. The van der Waals surface area contributed by atoms with Gasteiger partial charge in [0.25, 0.3) is 0 Å². The molecule has 0 saturated carbocycles. The minimum atomic E-state index is 0.312. The quantitative estimate of drug-likeness (QED) is 0.169. The van der Waals surface area contributed by atoms with Gasteiger partial charge in [0.2, 0.25) is 0 Å². The lowest BCUT2D eigenvalue weighted by atomic mass is 9.87. The van der Waals surface area contributed by atoms with Crippen LogP contribution in [0.25, 0.3) is 102 Å². The Bertz CT molecular complexity index is 3680. The number of hydrogen-bond acceptors (Lipinski definition) is 2. The molecule has 0 bridgehead atoms. The summed E-state index contributed by atoms with van der Waals surface area (Å²) in [5.74, 6) is 0.312. The Labute approximate surface area is 342 Å². The van der Waals surface area contributed by atoms with Gasteiger partial charge < -0.3 is 9.13 Å². The van der Waals surface area contributed by atoms with Gasteiger partial charge in [0.15, 0.2) is 0 Å². The number of aromatic nitrogens is 2. The molecule has 272 valence electrons. The smallest absolute Gasteiger partial charge is 0.0641 e. The fourth-order valence-electron chi connectivity index (χ4n) is 9.86. The van der Waals surface area contributed by atoms with Gasteiger partial charge in [-0.3, -0.25) is 0 Å². The topological polar surface area (TPSA) is 9.86 Å². The summed E-state index contributed by atoms with van der Waals surface area (Å²) in [4.78, 5) is 1.40. The highest BCUT2D eigenvalue weighted by Gasteiger charge is 2.23. The van der Waals surface area contributed by atoms with E-state index in [2.05, 4.69) is 197 Å². The van der Waals surface area contributed by atoms with Gasteiger partial charge in [-0.25, -0.2) is 0 Å². The Hall–Kier alpha value is -6.72. The van der Waals surface area contributed by atoms with E-state index in [1.54, 1.807) is 0 Å². The molecule has 12 aromatic rings. The summed E-state index contributed by atoms with van der Waals surface area (Å²) in [7, 11) is 0. The second-order valence-electron chi connectivity index (χ2n) is 15.6. The summed E-state index contributed by atoms with van der Waals surface area (Å²) in [6.45, 7) is 0. The molecule has 0 saturated heterocycles. The second kappa shape index (κ2) is 12.4. The highest BCUT2D eigenvalue weighted by atomic mass is 32.1. The number of fused-ring (bicyclic) bond motifs is 13. The van der Waals surface area contributed by atoms with E-state index in [4.69, 9.17) is 0 Å². The molecule has 1 atom stereocenters. The molecule has 13 rings (SSSR count). The van der Waals surface area contributed by atoms with Crippen LogP contribution in [0.5, 0.6) is 0 Å². The minimum absolute atomic E-state index is 0.312. The molecule has 58 heavy (non-hydrogen) atoms. The maximum absolute atomic E-state index is 2.53. The van der Waals surface area contributed by atoms with Crippen LogP contribution in [0, 0.1) is 0 Å². The predicted octanol–water partition coefficient (Wildman–Crippen LogP) is 15.5. The maximum Gasteiger partial charge on any atom is 0.0641 e. The largest absolute Gasteiger partial charge is 0.309 e. The van der Waals surface area contributed by atoms with Gasteiger partial charge in [-0.05, 0) is 107 Å². The van der Waals surface area contributed by atoms with Gasteiger partial charge in [0, 0.05) is 68.6 Å². The molecule has 8 aromatic carbocycles. The van der Waals surface area contributed by atoms with Crippen molar-refractivity contribution in [3.63, 3.8) is 0 Å². The van der Waals surface area contributed by atoms with E-state index in [0.717, 1.165) is 12.1 Å². The average Bonchev–Trinajstić information content (AvgIpc) is 4.03. The van der Waals surface area contributed by atoms with E-state index in [-0.39, 0.29) is 0 Å². The number of hydrogen-bond donors (Lipinski definition) is 0. The Morgan fingerprint density at radius 2 is 1.10 bits per heavy atom. The Morgan fingerprint density at radius 3 is 1.97 bits per heavy atom. The van der Waals surface area contributed by atoms with Crippen molar-refractivity contribution in [3.05, 3.63) is 198 Å². The van der Waals surface area contributed by atoms with Crippen LogP contribution in [0.4, 0.5) is 0 Å². The number of para-hydroxylation sites is 2. The highest BCUT2D eigenvalue weighted by molar-refractivity contribution is 7.25. The Balaban J connectivity index is 1.00. The molecule has 1 aliphatic carbocycles.